The van der Waals surface area contributed by atoms with Crippen LogP contribution < -0.4 is 10.6 Å². The third-order valence-electron chi connectivity index (χ3n) is 5.19. The van der Waals surface area contributed by atoms with Crippen molar-refractivity contribution in [3.63, 3.8) is 0 Å². The molecular formula is C27H25OP. The fourth-order valence-corrected chi connectivity index (χ4v) is 6.68. The van der Waals surface area contributed by atoms with E-state index in [1.165, 1.54) is 16.2 Å². The first kappa shape index (κ1) is 19.6. The minimum atomic E-state index is -0.751. The summed E-state index contributed by atoms with van der Waals surface area (Å²) in [6.07, 6.45) is 0.287. The highest BCUT2D eigenvalue weighted by Crippen LogP contribution is 2.46. The van der Waals surface area contributed by atoms with Gasteiger partial charge < -0.3 is 5.11 Å². The Bertz CT molecular complexity index is 948. The van der Waals surface area contributed by atoms with Crippen molar-refractivity contribution in [2.45, 2.75) is 18.2 Å². The Hall–Kier alpha value is -2.73. The Morgan fingerprint density at radius 1 is 0.552 bits per heavy atom. The van der Waals surface area contributed by atoms with Gasteiger partial charge in [-0.25, -0.2) is 0 Å². The molecule has 0 aliphatic carbocycles. The first-order valence-electron chi connectivity index (χ1n) is 9.99. The molecule has 0 saturated carbocycles. The van der Waals surface area contributed by atoms with Gasteiger partial charge in [-0.15, -0.1) is 0 Å². The van der Waals surface area contributed by atoms with Gasteiger partial charge in [0.1, 0.15) is 0 Å². The normalized spacial score (nSPS) is 13.2. The van der Waals surface area contributed by atoms with Crippen molar-refractivity contribution >= 4 is 18.5 Å². The second-order valence-corrected chi connectivity index (χ2v) is 9.59. The Morgan fingerprint density at radius 3 is 1.45 bits per heavy atom. The average molecular weight is 396 g/mol. The van der Waals surface area contributed by atoms with Crippen LogP contribution in [0.5, 0.6) is 0 Å². The van der Waals surface area contributed by atoms with E-state index in [4.69, 9.17) is 0 Å². The molecule has 0 aliphatic rings. The second kappa shape index (κ2) is 9.65. The molecule has 2 heteroatoms. The van der Waals surface area contributed by atoms with Gasteiger partial charge in [0.25, 0.3) is 0 Å². The fraction of sp³-hybridized carbons (Fsp3) is 0.111. The third kappa shape index (κ3) is 4.82. The maximum absolute atomic E-state index is 11.6. The van der Waals surface area contributed by atoms with Crippen LogP contribution in [0.1, 0.15) is 17.2 Å². The first-order chi connectivity index (χ1) is 14.3. The van der Waals surface area contributed by atoms with E-state index < -0.39 is 14.0 Å². The molecule has 144 valence electrons. The number of benzene rings is 4. The second-order valence-electron chi connectivity index (χ2n) is 7.15. The quantitative estimate of drug-likeness (QED) is 0.411. The molecule has 1 N–H and O–H groups in total. The van der Waals surface area contributed by atoms with E-state index >= 15 is 0 Å². The first-order valence-corrected chi connectivity index (χ1v) is 11.4. The standard InChI is InChI=1S/C27H25OP/c28-27(23-15-7-2-8-16-23)26(21-22-13-5-1-6-14-22)29(24-17-9-3-10-18-24)25-19-11-4-12-20-25/h1-20,26-28H,21H2/t26-,27+/m1/s1. The summed E-state index contributed by atoms with van der Waals surface area (Å²) in [5.74, 6) is 0. The molecule has 0 saturated heterocycles. The molecule has 4 rings (SSSR count). The van der Waals surface area contributed by atoms with Crippen LogP contribution in [0.25, 0.3) is 0 Å². The predicted molar refractivity (Wildman–Crippen MR) is 124 cm³/mol. The number of hydrogen-bond donors (Lipinski definition) is 1. The number of aliphatic hydroxyl groups is 1. The molecule has 4 aromatic rings. The topological polar surface area (TPSA) is 20.2 Å². The van der Waals surface area contributed by atoms with E-state index in [9.17, 15) is 5.11 Å². The molecule has 29 heavy (non-hydrogen) atoms. The summed E-state index contributed by atoms with van der Waals surface area (Å²) in [5, 5.41) is 14.1. The van der Waals surface area contributed by atoms with Crippen molar-refractivity contribution in [3.8, 4) is 0 Å². The maximum atomic E-state index is 11.6. The number of aliphatic hydroxyl groups excluding tert-OH is 1. The summed E-state index contributed by atoms with van der Waals surface area (Å²) in [5.41, 5.74) is 2.30. The van der Waals surface area contributed by atoms with E-state index in [0.717, 1.165) is 12.0 Å². The summed E-state index contributed by atoms with van der Waals surface area (Å²) in [6, 6.07) is 41.9. The third-order valence-corrected chi connectivity index (χ3v) is 8.03. The molecule has 4 aromatic carbocycles. The van der Waals surface area contributed by atoms with Gasteiger partial charge in [0, 0.05) is 5.66 Å². The zero-order chi connectivity index (χ0) is 19.9. The lowest BCUT2D eigenvalue weighted by atomic mass is 10.0. The highest BCUT2D eigenvalue weighted by Gasteiger charge is 2.31. The molecular weight excluding hydrogens is 371 g/mol. The highest BCUT2D eigenvalue weighted by atomic mass is 31.1. The zero-order valence-corrected chi connectivity index (χ0v) is 17.2. The smallest absolute Gasteiger partial charge is 0.0866 e. The SMILES string of the molecule is O[C@@H](c1ccccc1)[C@@H](Cc1ccccc1)P(c1ccccc1)c1ccccc1. The van der Waals surface area contributed by atoms with Crippen molar-refractivity contribution < 1.29 is 5.11 Å². The van der Waals surface area contributed by atoms with Gasteiger partial charge in [0.15, 0.2) is 0 Å². The summed E-state index contributed by atoms with van der Waals surface area (Å²) >= 11 is 0. The van der Waals surface area contributed by atoms with Gasteiger partial charge >= 0.3 is 0 Å². The van der Waals surface area contributed by atoms with Crippen molar-refractivity contribution in [1.29, 1.82) is 0 Å². The minimum Gasteiger partial charge on any atom is -0.388 e. The molecule has 0 spiro atoms. The van der Waals surface area contributed by atoms with Gasteiger partial charge in [-0.2, -0.15) is 0 Å². The van der Waals surface area contributed by atoms with Crippen molar-refractivity contribution in [1.82, 2.24) is 0 Å². The molecule has 1 nitrogen and oxygen atoms in total. The van der Waals surface area contributed by atoms with Crippen LogP contribution in [0.15, 0.2) is 121 Å². The van der Waals surface area contributed by atoms with E-state index in [2.05, 4.69) is 84.9 Å². The highest BCUT2D eigenvalue weighted by molar-refractivity contribution is 7.73. The van der Waals surface area contributed by atoms with Crippen LogP contribution in [-0.4, -0.2) is 10.8 Å². The minimum absolute atomic E-state index is 0.0691. The van der Waals surface area contributed by atoms with Crippen LogP contribution in [0.2, 0.25) is 0 Å². The zero-order valence-electron chi connectivity index (χ0n) is 16.3. The molecule has 0 bridgehead atoms. The van der Waals surface area contributed by atoms with Crippen molar-refractivity contribution in [2.24, 2.45) is 0 Å². The number of hydrogen-bond acceptors (Lipinski definition) is 1. The molecule has 0 radical (unpaired) electrons. The molecule has 0 heterocycles. The van der Waals surface area contributed by atoms with Crippen molar-refractivity contribution in [3.05, 3.63) is 132 Å². The van der Waals surface area contributed by atoms with Crippen LogP contribution >= 0.6 is 7.92 Å². The molecule has 2 atom stereocenters. The Morgan fingerprint density at radius 2 is 0.966 bits per heavy atom. The van der Waals surface area contributed by atoms with Gasteiger partial charge in [-0.05, 0) is 36.1 Å². The van der Waals surface area contributed by atoms with Crippen LogP contribution in [0.3, 0.4) is 0 Å². The van der Waals surface area contributed by atoms with Crippen LogP contribution in [-0.2, 0) is 6.42 Å². The monoisotopic (exact) mass is 396 g/mol. The molecule has 0 aliphatic heterocycles. The molecule has 0 aromatic heterocycles. The largest absolute Gasteiger partial charge is 0.388 e. The van der Waals surface area contributed by atoms with E-state index in [1.54, 1.807) is 0 Å². The van der Waals surface area contributed by atoms with E-state index in [-0.39, 0.29) is 5.66 Å². The Balaban J connectivity index is 1.81. The van der Waals surface area contributed by atoms with Crippen LogP contribution in [0.4, 0.5) is 0 Å². The predicted octanol–water partition coefficient (Wildman–Crippen LogP) is 5.46. The van der Waals surface area contributed by atoms with Crippen LogP contribution in [0, 0.1) is 0 Å². The number of rotatable bonds is 7. The van der Waals surface area contributed by atoms with Crippen molar-refractivity contribution in [2.75, 3.05) is 0 Å². The average Bonchev–Trinajstić information content (AvgIpc) is 2.81. The van der Waals surface area contributed by atoms with E-state index in [0.29, 0.717) is 0 Å². The summed E-state index contributed by atoms with van der Waals surface area (Å²) < 4.78 is 0. The van der Waals surface area contributed by atoms with Gasteiger partial charge in [-0.1, -0.05) is 121 Å². The van der Waals surface area contributed by atoms with Gasteiger partial charge in [0.2, 0.25) is 0 Å². The van der Waals surface area contributed by atoms with E-state index in [1.807, 2.05) is 36.4 Å². The Kier molecular flexibility index (Phi) is 6.52. The summed E-state index contributed by atoms with van der Waals surface area (Å²) in [7, 11) is -0.751. The molecule has 0 fully saturated rings. The lowest BCUT2D eigenvalue weighted by Crippen LogP contribution is -2.29. The Labute approximate surface area is 174 Å². The summed E-state index contributed by atoms with van der Waals surface area (Å²) in [6.45, 7) is 0. The maximum Gasteiger partial charge on any atom is 0.0866 e. The lowest BCUT2D eigenvalue weighted by Gasteiger charge is -2.33. The van der Waals surface area contributed by atoms with Gasteiger partial charge in [-0.3, -0.25) is 0 Å². The molecule has 0 unspecified atom stereocenters. The summed E-state index contributed by atoms with van der Waals surface area (Å²) in [4.78, 5) is 0. The fourth-order valence-electron chi connectivity index (χ4n) is 3.78. The molecule has 0 amide bonds. The van der Waals surface area contributed by atoms with Gasteiger partial charge in [0.05, 0.1) is 6.10 Å². The lowest BCUT2D eigenvalue weighted by molar-refractivity contribution is 0.173.